The van der Waals surface area contributed by atoms with Crippen LogP contribution in [-0.2, 0) is 11.3 Å². The molecule has 1 aliphatic rings. The van der Waals surface area contributed by atoms with E-state index in [2.05, 4.69) is 0 Å². The Morgan fingerprint density at radius 1 is 1.22 bits per heavy atom. The molecule has 0 spiro atoms. The SMILES string of the molecule is COCCCn1c(N)c(C(=O)CC2CCCC2)c2nc3ccccc3nc21. The number of nitrogens with two attached hydrogens (primary N) is 1. The molecule has 6 nitrogen and oxygen atoms in total. The fourth-order valence-electron chi connectivity index (χ4n) is 4.16. The van der Waals surface area contributed by atoms with Gasteiger partial charge in [-0.3, -0.25) is 4.79 Å². The molecule has 0 saturated heterocycles. The lowest BCUT2D eigenvalue weighted by atomic mass is 9.97. The van der Waals surface area contributed by atoms with Crippen LogP contribution in [0.3, 0.4) is 0 Å². The van der Waals surface area contributed by atoms with Gasteiger partial charge in [0, 0.05) is 26.7 Å². The molecular weight excluding hydrogens is 340 g/mol. The van der Waals surface area contributed by atoms with Gasteiger partial charge < -0.3 is 15.0 Å². The first kappa shape index (κ1) is 17.9. The van der Waals surface area contributed by atoms with Gasteiger partial charge in [0.15, 0.2) is 11.4 Å². The first-order chi connectivity index (χ1) is 13.2. The molecule has 1 aliphatic carbocycles. The minimum absolute atomic E-state index is 0.0967. The third kappa shape index (κ3) is 3.41. The van der Waals surface area contributed by atoms with Crippen molar-refractivity contribution in [3.63, 3.8) is 0 Å². The normalized spacial score (nSPS) is 15.1. The average molecular weight is 366 g/mol. The molecule has 0 amide bonds. The van der Waals surface area contributed by atoms with Crippen LogP contribution in [0.2, 0.25) is 0 Å². The van der Waals surface area contributed by atoms with Crippen molar-refractivity contribution in [2.24, 2.45) is 5.92 Å². The second-order valence-electron chi connectivity index (χ2n) is 7.42. The van der Waals surface area contributed by atoms with Gasteiger partial charge >= 0.3 is 0 Å². The van der Waals surface area contributed by atoms with E-state index in [0.29, 0.717) is 48.0 Å². The molecule has 3 aromatic rings. The van der Waals surface area contributed by atoms with E-state index in [9.17, 15) is 4.79 Å². The number of hydrogen-bond donors (Lipinski definition) is 1. The molecule has 4 rings (SSSR count). The Kier molecular flexibility index (Phi) is 5.07. The summed E-state index contributed by atoms with van der Waals surface area (Å²) in [4.78, 5) is 22.7. The van der Waals surface area contributed by atoms with Crippen molar-refractivity contribution in [2.75, 3.05) is 19.5 Å². The lowest BCUT2D eigenvalue weighted by Crippen LogP contribution is -2.10. The minimum Gasteiger partial charge on any atom is -0.385 e. The molecule has 0 unspecified atom stereocenters. The number of hydrogen-bond acceptors (Lipinski definition) is 5. The first-order valence-corrected chi connectivity index (χ1v) is 9.75. The van der Waals surface area contributed by atoms with Gasteiger partial charge in [-0.25, -0.2) is 9.97 Å². The van der Waals surface area contributed by atoms with E-state index in [1.165, 1.54) is 12.8 Å². The fraction of sp³-hybridized carbons (Fsp3) is 0.476. The van der Waals surface area contributed by atoms with Crippen LogP contribution in [0.5, 0.6) is 0 Å². The monoisotopic (exact) mass is 366 g/mol. The number of fused-ring (bicyclic) bond motifs is 2. The summed E-state index contributed by atoms with van der Waals surface area (Å²) in [6, 6.07) is 7.73. The summed E-state index contributed by atoms with van der Waals surface area (Å²) >= 11 is 0. The van der Waals surface area contributed by atoms with Gasteiger partial charge in [0.05, 0.1) is 16.6 Å². The zero-order chi connectivity index (χ0) is 18.8. The summed E-state index contributed by atoms with van der Waals surface area (Å²) in [5.74, 6) is 1.05. The summed E-state index contributed by atoms with van der Waals surface area (Å²) in [5, 5.41) is 0. The summed E-state index contributed by atoms with van der Waals surface area (Å²) in [7, 11) is 1.68. The smallest absolute Gasteiger partial charge is 0.169 e. The number of ether oxygens (including phenoxy) is 1. The van der Waals surface area contributed by atoms with Crippen LogP contribution < -0.4 is 5.73 Å². The number of aromatic nitrogens is 3. The van der Waals surface area contributed by atoms with Gasteiger partial charge in [-0.15, -0.1) is 0 Å². The van der Waals surface area contributed by atoms with Gasteiger partial charge in [0.1, 0.15) is 11.3 Å². The van der Waals surface area contributed by atoms with Gasteiger partial charge in [-0.05, 0) is 24.5 Å². The maximum Gasteiger partial charge on any atom is 0.169 e. The molecule has 0 bridgehead atoms. The molecule has 0 aliphatic heterocycles. The molecule has 6 heteroatoms. The Bertz CT molecular complexity index is 973. The minimum atomic E-state index is 0.0967. The molecule has 0 atom stereocenters. The predicted molar refractivity (Wildman–Crippen MR) is 107 cm³/mol. The number of Topliss-reactive ketones (excluding diaryl/α,β-unsaturated/α-hetero) is 1. The molecule has 2 aromatic heterocycles. The highest BCUT2D eigenvalue weighted by Gasteiger charge is 2.26. The van der Waals surface area contributed by atoms with Crippen LogP contribution in [0.1, 0.15) is 48.9 Å². The van der Waals surface area contributed by atoms with E-state index < -0.39 is 0 Å². The van der Waals surface area contributed by atoms with Gasteiger partial charge in [-0.1, -0.05) is 37.8 Å². The summed E-state index contributed by atoms with van der Waals surface area (Å²) < 4.78 is 7.10. The second-order valence-corrected chi connectivity index (χ2v) is 7.42. The topological polar surface area (TPSA) is 83.0 Å². The number of rotatable bonds is 7. The Morgan fingerprint density at radius 2 is 1.93 bits per heavy atom. The maximum atomic E-state index is 13.1. The van der Waals surface area contributed by atoms with Crippen LogP contribution in [0.4, 0.5) is 5.82 Å². The number of nitrogens with zero attached hydrogens (tertiary/aromatic N) is 3. The molecule has 2 N–H and O–H groups in total. The van der Waals surface area contributed by atoms with Crippen molar-refractivity contribution < 1.29 is 9.53 Å². The summed E-state index contributed by atoms with van der Waals surface area (Å²) in [6.07, 6.45) is 6.05. The predicted octanol–water partition coefficient (Wildman–Crippen LogP) is 3.97. The number of para-hydroxylation sites is 2. The lowest BCUT2D eigenvalue weighted by Gasteiger charge is -2.09. The highest BCUT2D eigenvalue weighted by Crippen LogP contribution is 2.33. The average Bonchev–Trinajstić information content (AvgIpc) is 3.26. The molecule has 27 heavy (non-hydrogen) atoms. The Morgan fingerprint density at radius 3 is 2.63 bits per heavy atom. The standard InChI is InChI=1S/C21H26N4O2/c1-27-12-6-11-25-20(22)18(17(26)13-14-7-2-3-8-14)19-21(25)24-16-10-5-4-9-15(16)23-19/h4-5,9-10,14H,2-3,6-8,11-13,22H2,1H3. The Labute approximate surface area is 158 Å². The molecule has 0 radical (unpaired) electrons. The van der Waals surface area contributed by atoms with Crippen LogP contribution in [0.15, 0.2) is 24.3 Å². The van der Waals surface area contributed by atoms with Crippen molar-refractivity contribution in [3.05, 3.63) is 29.8 Å². The molecule has 1 saturated carbocycles. The van der Waals surface area contributed by atoms with Crippen LogP contribution in [0, 0.1) is 5.92 Å². The fourth-order valence-corrected chi connectivity index (χ4v) is 4.16. The number of carbonyl (C=O) groups excluding carboxylic acids is 1. The first-order valence-electron chi connectivity index (χ1n) is 9.75. The lowest BCUT2D eigenvalue weighted by molar-refractivity contribution is 0.0964. The largest absolute Gasteiger partial charge is 0.385 e. The van der Waals surface area contributed by atoms with Crippen LogP contribution in [-0.4, -0.2) is 34.0 Å². The zero-order valence-corrected chi connectivity index (χ0v) is 15.8. The summed E-state index contributed by atoms with van der Waals surface area (Å²) in [5.41, 5.74) is 9.93. The van der Waals surface area contributed by atoms with Crippen LogP contribution in [0.25, 0.3) is 22.2 Å². The Hall–Kier alpha value is -2.47. The number of carbonyl (C=O) groups is 1. The highest BCUT2D eigenvalue weighted by atomic mass is 16.5. The van der Waals surface area contributed by atoms with E-state index >= 15 is 0 Å². The van der Waals surface area contributed by atoms with Gasteiger partial charge in [0.25, 0.3) is 0 Å². The van der Waals surface area contributed by atoms with E-state index in [1.54, 1.807) is 7.11 Å². The van der Waals surface area contributed by atoms with Crippen molar-refractivity contribution >= 4 is 33.8 Å². The number of ketones is 1. The maximum absolute atomic E-state index is 13.1. The molecule has 2 heterocycles. The molecule has 142 valence electrons. The number of benzene rings is 1. The third-order valence-electron chi connectivity index (χ3n) is 5.55. The number of methoxy groups -OCH3 is 1. The summed E-state index contributed by atoms with van der Waals surface area (Å²) in [6.45, 7) is 1.28. The van der Waals surface area contributed by atoms with Crippen molar-refractivity contribution in [3.8, 4) is 0 Å². The number of anilines is 1. The number of nitrogen functional groups attached to an aromatic ring is 1. The number of aryl methyl sites for hydroxylation is 1. The Balaban J connectivity index is 1.81. The van der Waals surface area contributed by atoms with Gasteiger partial charge in [0.2, 0.25) is 0 Å². The van der Waals surface area contributed by atoms with Crippen molar-refractivity contribution in [1.29, 1.82) is 0 Å². The molecule has 1 fully saturated rings. The van der Waals surface area contributed by atoms with Crippen LogP contribution >= 0.6 is 0 Å². The van der Waals surface area contributed by atoms with E-state index in [-0.39, 0.29) is 5.78 Å². The quantitative estimate of drug-likeness (QED) is 0.505. The third-order valence-corrected chi connectivity index (χ3v) is 5.55. The van der Waals surface area contributed by atoms with E-state index in [4.69, 9.17) is 20.4 Å². The van der Waals surface area contributed by atoms with Crippen molar-refractivity contribution in [2.45, 2.75) is 45.1 Å². The zero-order valence-electron chi connectivity index (χ0n) is 15.8. The van der Waals surface area contributed by atoms with E-state index in [0.717, 1.165) is 30.3 Å². The van der Waals surface area contributed by atoms with Gasteiger partial charge in [-0.2, -0.15) is 0 Å². The second kappa shape index (κ2) is 7.64. The van der Waals surface area contributed by atoms with E-state index in [1.807, 2.05) is 28.8 Å². The molecular formula is C21H26N4O2. The van der Waals surface area contributed by atoms with Crippen molar-refractivity contribution in [1.82, 2.24) is 14.5 Å². The highest BCUT2D eigenvalue weighted by molar-refractivity contribution is 6.11. The molecule has 1 aromatic carbocycles.